The quantitative estimate of drug-likeness (QED) is 0.363. The van der Waals surface area contributed by atoms with E-state index in [1.165, 1.54) is 0 Å². The summed E-state index contributed by atoms with van der Waals surface area (Å²) in [5.74, 6) is 1.06. The highest BCUT2D eigenvalue weighted by Crippen LogP contribution is 2.38. The zero-order chi connectivity index (χ0) is 20.8. The van der Waals surface area contributed by atoms with Gasteiger partial charge in [0.25, 0.3) is 0 Å². The fourth-order valence-electron chi connectivity index (χ4n) is 2.72. The molecule has 0 saturated carbocycles. The van der Waals surface area contributed by atoms with Crippen molar-refractivity contribution in [2.45, 2.75) is 20.1 Å². The number of halogens is 4. The minimum Gasteiger partial charge on any atom is -0.490 e. The molecule has 3 nitrogen and oxygen atoms in total. The molecule has 29 heavy (non-hydrogen) atoms. The van der Waals surface area contributed by atoms with Crippen molar-refractivity contribution in [3.05, 3.63) is 85.8 Å². The van der Waals surface area contributed by atoms with Gasteiger partial charge in [-0.2, -0.15) is 0 Å². The normalized spacial score (nSPS) is 10.7. The van der Waals surface area contributed by atoms with Crippen molar-refractivity contribution in [3.63, 3.8) is 0 Å². The van der Waals surface area contributed by atoms with Gasteiger partial charge in [-0.05, 0) is 48.9 Å². The van der Waals surface area contributed by atoms with Crippen molar-refractivity contribution >= 4 is 52.1 Å². The fraction of sp³-hybridized carbons (Fsp3) is 0.182. The van der Waals surface area contributed by atoms with Crippen LogP contribution in [0.15, 0.2) is 54.6 Å². The molecular weight excluding hydrogens is 452 g/mol. The smallest absolute Gasteiger partial charge is 0.180 e. The maximum Gasteiger partial charge on any atom is 0.180 e. The second-order valence-electron chi connectivity index (χ2n) is 6.20. The number of benzene rings is 3. The maximum absolute atomic E-state index is 6.50. The number of rotatable bonds is 8. The summed E-state index contributed by atoms with van der Waals surface area (Å²) in [6.07, 6.45) is 0. The molecule has 0 aliphatic carbocycles. The number of hydrogen-bond acceptors (Lipinski definition) is 3. The molecule has 0 bridgehead atoms. The number of anilines is 1. The molecular formula is C22H19Cl4NO2. The lowest BCUT2D eigenvalue weighted by Gasteiger charge is -2.16. The van der Waals surface area contributed by atoms with Crippen molar-refractivity contribution in [1.82, 2.24) is 0 Å². The first-order chi connectivity index (χ1) is 14.0. The largest absolute Gasteiger partial charge is 0.490 e. The van der Waals surface area contributed by atoms with E-state index < -0.39 is 0 Å². The Balaban J connectivity index is 1.77. The Kier molecular flexibility index (Phi) is 7.79. The van der Waals surface area contributed by atoms with Crippen LogP contribution in [0.3, 0.4) is 0 Å². The summed E-state index contributed by atoms with van der Waals surface area (Å²) in [4.78, 5) is 0. The van der Waals surface area contributed by atoms with Crippen LogP contribution >= 0.6 is 46.4 Å². The predicted molar refractivity (Wildman–Crippen MR) is 122 cm³/mol. The average molecular weight is 471 g/mol. The zero-order valence-electron chi connectivity index (χ0n) is 15.6. The summed E-state index contributed by atoms with van der Waals surface area (Å²) in [5.41, 5.74) is 2.58. The van der Waals surface area contributed by atoms with E-state index in [2.05, 4.69) is 5.32 Å². The van der Waals surface area contributed by atoms with Crippen LogP contribution in [0.5, 0.6) is 11.5 Å². The highest BCUT2D eigenvalue weighted by molar-refractivity contribution is 6.36. The summed E-state index contributed by atoms with van der Waals surface area (Å²) >= 11 is 24.9. The predicted octanol–water partition coefficient (Wildman–Crippen LogP) is 7.89. The fourth-order valence-corrected chi connectivity index (χ4v) is 3.68. The van der Waals surface area contributed by atoms with Crippen LogP contribution in [0, 0.1) is 0 Å². The van der Waals surface area contributed by atoms with Crippen molar-refractivity contribution in [1.29, 1.82) is 0 Å². The van der Waals surface area contributed by atoms with E-state index in [1.807, 2.05) is 49.4 Å². The molecule has 0 unspecified atom stereocenters. The lowest BCUT2D eigenvalue weighted by Crippen LogP contribution is -2.04. The minimum atomic E-state index is 0.289. The van der Waals surface area contributed by atoms with Crippen molar-refractivity contribution in [2.24, 2.45) is 0 Å². The molecule has 0 radical (unpaired) electrons. The van der Waals surface area contributed by atoms with Crippen LogP contribution in [0.4, 0.5) is 5.69 Å². The van der Waals surface area contributed by atoms with Crippen LogP contribution in [-0.2, 0) is 13.2 Å². The molecule has 7 heteroatoms. The molecule has 0 heterocycles. The van der Waals surface area contributed by atoms with Gasteiger partial charge in [0.05, 0.1) is 22.3 Å². The van der Waals surface area contributed by atoms with Gasteiger partial charge in [0, 0.05) is 22.2 Å². The SMILES string of the molecule is CCOc1cc(CNc2ccc(Cl)cc2Cl)cc(Cl)c1OCc1ccccc1Cl. The first kappa shape index (κ1) is 21.9. The molecule has 152 valence electrons. The number of nitrogens with one attached hydrogen (secondary N) is 1. The number of ether oxygens (including phenoxy) is 2. The van der Waals surface area contributed by atoms with Gasteiger partial charge in [-0.25, -0.2) is 0 Å². The highest BCUT2D eigenvalue weighted by atomic mass is 35.5. The summed E-state index contributed by atoms with van der Waals surface area (Å²) in [6, 6.07) is 16.5. The molecule has 3 aromatic rings. The lowest BCUT2D eigenvalue weighted by molar-refractivity contribution is 0.269. The van der Waals surface area contributed by atoms with Gasteiger partial charge in [-0.1, -0.05) is 64.6 Å². The Morgan fingerprint density at radius 3 is 2.34 bits per heavy atom. The Morgan fingerprint density at radius 2 is 1.62 bits per heavy atom. The molecule has 1 N–H and O–H groups in total. The Morgan fingerprint density at radius 1 is 0.828 bits per heavy atom. The van der Waals surface area contributed by atoms with E-state index in [0.717, 1.165) is 16.8 Å². The zero-order valence-corrected chi connectivity index (χ0v) is 18.7. The summed E-state index contributed by atoms with van der Waals surface area (Å²) < 4.78 is 11.7. The molecule has 0 aliphatic rings. The average Bonchev–Trinajstić information content (AvgIpc) is 2.68. The van der Waals surface area contributed by atoms with Crippen molar-refractivity contribution in [3.8, 4) is 11.5 Å². The van der Waals surface area contributed by atoms with Gasteiger partial charge in [0.1, 0.15) is 6.61 Å². The second-order valence-corrected chi connectivity index (χ2v) is 7.85. The Hall–Kier alpha value is -1.78. The van der Waals surface area contributed by atoms with Crippen LogP contribution in [0.25, 0.3) is 0 Å². The van der Waals surface area contributed by atoms with Crippen LogP contribution in [0.1, 0.15) is 18.1 Å². The van der Waals surface area contributed by atoms with E-state index in [4.69, 9.17) is 55.9 Å². The molecule has 0 aliphatic heterocycles. The highest BCUT2D eigenvalue weighted by Gasteiger charge is 2.14. The van der Waals surface area contributed by atoms with E-state index in [1.54, 1.807) is 12.1 Å². The van der Waals surface area contributed by atoms with Crippen LogP contribution in [-0.4, -0.2) is 6.61 Å². The van der Waals surface area contributed by atoms with Gasteiger partial charge in [0.2, 0.25) is 0 Å². The summed E-state index contributed by atoms with van der Waals surface area (Å²) in [7, 11) is 0. The first-order valence-corrected chi connectivity index (χ1v) is 10.5. The third-order valence-electron chi connectivity index (χ3n) is 4.11. The molecule has 3 rings (SSSR count). The van der Waals surface area contributed by atoms with E-state index in [0.29, 0.717) is 44.7 Å². The van der Waals surface area contributed by atoms with E-state index in [9.17, 15) is 0 Å². The molecule has 0 fully saturated rings. The molecule has 0 spiro atoms. The minimum absolute atomic E-state index is 0.289. The first-order valence-electron chi connectivity index (χ1n) is 8.98. The van der Waals surface area contributed by atoms with Crippen molar-refractivity contribution < 1.29 is 9.47 Å². The second kappa shape index (κ2) is 10.3. The summed E-state index contributed by atoms with van der Waals surface area (Å²) in [5, 5.41) is 5.51. The molecule has 0 aromatic heterocycles. The standard InChI is InChI=1S/C22H19Cl4NO2/c1-2-28-21-10-14(12-27-20-8-7-16(23)11-18(20)25)9-19(26)22(21)29-13-15-5-3-4-6-17(15)24/h3-11,27H,2,12-13H2,1H3. The van der Waals surface area contributed by atoms with Crippen LogP contribution < -0.4 is 14.8 Å². The van der Waals surface area contributed by atoms with Gasteiger partial charge in [-0.15, -0.1) is 0 Å². The van der Waals surface area contributed by atoms with Gasteiger partial charge in [-0.3, -0.25) is 0 Å². The van der Waals surface area contributed by atoms with E-state index >= 15 is 0 Å². The summed E-state index contributed by atoms with van der Waals surface area (Å²) in [6.45, 7) is 3.19. The molecule has 0 amide bonds. The topological polar surface area (TPSA) is 30.5 Å². The third-order valence-corrected chi connectivity index (χ3v) is 5.31. The third kappa shape index (κ3) is 5.86. The van der Waals surface area contributed by atoms with E-state index in [-0.39, 0.29) is 6.61 Å². The molecule has 0 atom stereocenters. The maximum atomic E-state index is 6.50. The van der Waals surface area contributed by atoms with Gasteiger partial charge >= 0.3 is 0 Å². The Labute approximate surface area is 190 Å². The van der Waals surface area contributed by atoms with Gasteiger partial charge in [0.15, 0.2) is 11.5 Å². The van der Waals surface area contributed by atoms with Crippen molar-refractivity contribution in [2.75, 3.05) is 11.9 Å². The van der Waals surface area contributed by atoms with Crippen LogP contribution in [0.2, 0.25) is 20.1 Å². The molecule has 0 saturated heterocycles. The van der Waals surface area contributed by atoms with Gasteiger partial charge < -0.3 is 14.8 Å². The Bertz CT molecular complexity index is 995. The molecule has 3 aromatic carbocycles. The lowest BCUT2D eigenvalue weighted by atomic mass is 10.2. The number of hydrogen-bond donors (Lipinski definition) is 1. The monoisotopic (exact) mass is 469 g/mol.